The van der Waals surface area contributed by atoms with Gasteiger partial charge < -0.3 is 15.4 Å². The number of aromatic nitrogens is 1. The lowest BCUT2D eigenvalue weighted by Crippen LogP contribution is -2.18. The van der Waals surface area contributed by atoms with Crippen LogP contribution in [0, 0.1) is 0 Å². The van der Waals surface area contributed by atoms with Gasteiger partial charge in [0.25, 0.3) is 0 Å². The Morgan fingerprint density at radius 1 is 1.42 bits per heavy atom. The van der Waals surface area contributed by atoms with Crippen LogP contribution in [0.4, 0.5) is 11.4 Å². The summed E-state index contributed by atoms with van der Waals surface area (Å²) in [4.78, 5) is 6.37. The summed E-state index contributed by atoms with van der Waals surface area (Å²) in [5.41, 5.74) is 10.7. The summed E-state index contributed by atoms with van der Waals surface area (Å²) in [5, 5.41) is 2.05. The Morgan fingerprint density at radius 3 is 2.95 bits per heavy atom. The van der Waals surface area contributed by atoms with Crippen LogP contribution in [0.5, 0.6) is 5.75 Å². The molecule has 0 bridgehead atoms. The Labute approximate surface area is 117 Å². The zero-order valence-electron chi connectivity index (χ0n) is 11.3. The molecule has 0 amide bonds. The summed E-state index contributed by atoms with van der Waals surface area (Å²) in [5.74, 6) is 0.754. The number of hydrogen-bond acceptors (Lipinski definition) is 5. The van der Waals surface area contributed by atoms with Gasteiger partial charge in [-0.1, -0.05) is 13.0 Å². The van der Waals surface area contributed by atoms with E-state index in [1.165, 1.54) is 0 Å². The zero-order chi connectivity index (χ0) is 13.7. The van der Waals surface area contributed by atoms with E-state index in [1.54, 1.807) is 11.3 Å². The highest BCUT2D eigenvalue weighted by Gasteiger charge is 2.11. The third-order valence-electron chi connectivity index (χ3n) is 2.80. The fraction of sp³-hybridized carbons (Fsp3) is 0.357. The number of para-hydroxylation sites is 1. The van der Waals surface area contributed by atoms with Gasteiger partial charge in [0.2, 0.25) is 0 Å². The van der Waals surface area contributed by atoms with Crippen molar-refractivity contribution >= 4 is 22.7 Å². The Balaban J connectivity index is 2.14. The highest BCUT2D eigenvalue weighted by Crippen LogP contribution is 2.32. The minimum Gasteiger partial charge on any atom is -0.491 e. The number of nitrogen functional groups attached to an aromatic ring is 1. The number of thiazole rings is 1. The van der Waals surface area contributed by atoms with E-state index < -0.39 is 0 Å². The lowest BCUT2D eigenvalue weighted by Gasteiger charge is -2.21. The zero-order valence-corrected chi connectivity index (χ0v) is 12.1. The predicted molar refractivity (Wildman–Crippen MR) is 80.9 cm³/mol. The highest BCUT2D eigenvalue weighted by molar-refractivity contribution is 7.07. The van der Waals surface area contributed by atoms with Gasteiger partial charge in [-0.15, -0.1) is 11.3 Å². The summed E-state index contributed by atoms with van der Waals surface area (Å²) in [7, 11) is 2.01. The maximum absolute atomic E-state index is 6.17. The molecule has 5 heteroatoms. The third-order valence-corrected chi connectivity index (χ3v) is 3.43. The maximum Gasteiger partial charge on any atom is 0.144 e. The molecule has 0 aliphatic heterocycles. The summed E-state index contributed by atoms with van der Waals surface area (Å²) < 4.78 is 5.65. The van der Waals surface area contributed by atoms with Crippen molar-refractivity contribution in [3.05, 3.63) is 34.8 Å². The van der Waals surface area contributed by atoms with Gasteiger partial charge in [0.1, 0.15) is 5.75 Å². The van der Waals surface area contributed by atoms with E-state index in [2.05, 4.69) is 16.8 Å². The normalized spacial score (nSPS) is 10.4. The molecule has 0 radical (unpaired) electrons. The molecule has 2 rings (SSSR count). The van der Waals surface area contributed by atoms with E-state index in [9.17, 15) is 0 Å². The molecular weight excluding hydrogens is 258 g/mol. The van der Waals surface area contributed by atoms with Crippen molar-refractivity contribution in [2.24, 2.45) is 0 Å². The van der Waals surface area contributed by atoms with E-state index in [4.69, 9.17) is 10.5 Å². The van der Waals surface area contributed by atoms with Crippen LogP contribution in [0.25, 0.3) is 0 Å². The maximum atomic E-state index is 6.17. The average Bonchev–Trinajstić information content (AvgIpc) is 2.90. The molecule has 0 fully saturated rings. The van der Waals surface area contributed by atoms with Gasteiger partial charge in [-0.05, 0) is 18.6 Å². The number of rotatable bonds is 6. The van der Waals surface area contributed by atoms with Crippen molar-refractivity contribution in [3.63, 3.8) is 0 Å². The van der Waals surface area contributed by atoms with Gasteiger partial charge in [-0.2, -0.15) is 0 Å². The number of nitrogens with zero attached hydrogens (tertiary/aromatic N) is 2. The van der Waals surface area contributed by atoms with E-state index >= 15 is 0 Å². The molecule has 1 aromatic carbocycles. The summed E-state index contributed by atoms with van der Waals surface area (Å²) in [6.45, 7) is 3.50. The first-order valence-corrected chi connectivity index (χ1v) is 7.26. The van der Waals surface area contributed by atoms with Crippen molar-refractivity contribution in [2.75, 3.05) is 24.3 Å². The van der Waals surface area contributed by atoms with Gasteiger partial charge in [-0.3, -0.25) is 0 Å². The van der Waals surface area contributed by atoms with Crippen LogP contribution in [0.1, 0.15) is 19.0 Å². The van der Waals surface area contributed by atoms with Crippen LogP contribution in [0.15, 0.2) is 29.1 Å². The second-order valence-electron chi connectivity index (χ2n) is 4.37. The molecule has 19 heavy (non-hydrogen) atoms. The lowest BCUT2D eigenvalue weighted by atomic mass is 10.2. The number of nitrogens with two attached hydrogens (primary N) is 1. The van der Waals surface area contributed by atoms with Gasteiger partial charge >= 0.3 is 0 Å². The number of benzene rings is 1. The largest absolute Gasteiger partial charge is 0.491 e. The van der Waals surface area contributed by atoms with Gasteiger partial charge in [0.15, 0.2) is 0 Å². The summed E-state index contributed by atoms with van der Waals surface area (Å²) in [6, 6.07) is 5.87. The molecule has 1 aromatic heterocycles. The van der Waals surface area contributed by atoms with Crippen LogP contribution in [0.2, 0.25) is 0 Å². The van der Waals surface area contributed by atoms with Gasteiger partial charge in [0, 0.05) is 12.4 Å². The fourth-order valence-electron chi connectivity index (χ4n) is 1.85. The second kappa shape index (κ2) is 6.43. The van der Waals surface area contributed by atoms with E-state index in [-0.39, 0.29) is 0 Å². The SMILES string of the molecule is CCCOc1cccc(N(C)Cc2cscn2)c1N. The molecular formula is C14H19N3OS. The van der Waals surface area contributed by atoms with Gasteiger partial charge in [0.05, 0.1) is 35.7 Å². The second-order valence-corrected chi connectivity index (χ2v) is 5.09. The Kier molecular flexibility index (Phi) is 4.63. The molecule has 4 nitrogen and oxygen atoms in total. The predicted octanol–water partition coefficient (Wildman–Crippen LogP) is 3.15. The van der Waals surface area contributed by atoms with Crippen molar-refractivity contribution in [1.29, 1.82) is 0 Å². The van der Waals surface area contributed by atoms with Crippen LogP contribution in [-0.2, 0) is 6.54 Å². The molecule has 0 aliphatic rings. The highest BCUT2D eigenvalue weighted by atomic mass is 32.1. The number of anilines is 2. The molecule has 2 aromatic rings. The molecule has 2 N–H and O–H groups in total. The topological polar surface area (TPSA) is 51.4 Å². The number of hydrogen-bond donors (Lipinski definition) is 1. The van der Waals surface area contributed by atoms with Crippen molar-refractivity contribution < 1.29 is 4.74 Å². The van der Waals surface area contributed by atoms with Crippen molar-refractivity contribution in [1.82, 2.24) is 4.98 Å². The molecule has 0 unspecified atom stereocenters. The summed E-state index contributed by atoms with van der Waals surface area (Å²) in [6.07, 6.45) is 0.971. The average molecular weight is 277 g/mol. The fourth-order valence-corrected chi connectivity index (χ4v) is 2.40. The first kappa shape index (κ1) is 13.7. The monoisotopic (exact) mass is 277 g/mol. The third kappa shape index (κ3) is 3.38. The number of ether oxygens (including phenoxy) is 1. The Morgan fingerprint density at radius 2 is 2.26 bits per heavy atom. The van der Waals surface area contributed by atoms with Gasteiger partial charge in [-0.25, -0.2) is 4.98 Å². The molecule has 0 saturated heterocycles. The van der Waals surface area contributed by atoms with E-state index in [0.29, 0.717) is 12.3 Å². The molecule has 0 aliphatic carbocycles. The molecule has 1 heterocycles. The minimum atomic E-state index is 0.684. The quantitative estimate of drug-likeness (QED) is 0.824. The van der Waals surface area contributed by atoms with Crippen molar-refractivity contribution in [3.8, 4) is 5.75 Å². The van der Waals surface area contributed by atoms with Crippen LogP contribution >= 0.6 is 11.3 Å². The van der Waals surface area contributed by atoms with E-state index in [1.807, 2.05) is 36.1 Å². The van der Waals surface area contributed by atoms with Crippen LogP contribution in [0.3, 0.4) is 0 Å². The minimum absolute atomic E-state index is 0.684. The molecule has 0 spiro atoms. The first-order chi connectivity index (χ1) is 9.22. The summed E-state index contributed by atoms with van der Waals surface area (Å²) >= 11 is 1.60. The molecule has 0 atom stereocenters. The molecule has 102 valence electrons. The van der Waals surface area contributed by atoms with Crippen LogP contribution in [-0.4, -0.2) is 18.6 Å². The first-order valence-electron chi connectivity index (χ1n) is 6.32. The Hall–Kier alpha value is -1.75. The standard InChI is InChI=1S/C14H19N3OS/c1-3-7-18-13-6-4-5-12(14(13)15)17(2)8-11-9-19-10-16-11/h4-6,9-10H,3,7-8,15H2,1-2H3. The molecule has 0 saturated carbocycles. The van der Waals surface area contributed by atoms with E-state index in [0.717, 1.165) is 30.1 Å². The van der Waals surface area contributed by atoms with Crippen LogP contribution < -0.4 is 15.4 Å². The Bertz CT molecular complexity index is 513. The lowest BCUT2D eigenvalue weighted by molar-refractivity contribution is 0.319. The smallest absolute Gasteiger partial charge is 0.144 e. The van der Waals surface area contributed by atoms with Crippen molar-refractivity contribution in [2.45, 2.75) is 19.9 Å².